The predicted molar refractivity (Wildman–Crippen MR) is 154 cm³/mol. The quantitative estimate of drug-likeness (QED) is 0.182. The van der Waals surface area contributed by atoms with Crippen molar-refractivity contribution in [1.29, 1.82) is 0 Å². The molecule has 2 aliphatic heterocycles. The lowest BCUT2D eigenvalue weighted by atomic mass is 9.94. The Hall–Kier alpha value is -4.66. The number of fused-ring (bicyclic) bond motifs is 1. The molecule has 1 saturated heterocycles. The summed E-state index contributed by atoms with van der Waals surface area (Å²) in [7, 11) is 3.79. The Morgan fingerprint density at radius 2 is 1.43 bits per heavy atom. The van der Waals surface area contributed by atoms with Crippen LogP contribution in [0.25, 0.3) is 0 Å². The van der Waals surface area contributed by atoms with Crippen LogP contribution in [0.1, 0.15) is 67.6 Å². The second-order valence-electron chi connectivity index (χ2n) is 10.5. The maximum absolute atomic E-state index is 13.1. The summed E-state index contributed by atoms with van der Waals surface area (Å²) >= 11 is 0. The van der Waals surface area contributed by atoms with Crippen LogP contribution in [0.3, 0.4) is 0 Å². The van der Waals surface area contributed by atoms with E-state index in [0.29, 0.717) is 28.9 Å². The van der Waals surface area contributed by atoms with Crippen LogP contribution in [0, 0.1) is 6.92 Å². The number of carbonyl (C=O) groups is 6. The second-order valence-corrected chi connectivity index (χ2v) is 10.5. The van der Waals surface area contributed by atoms with Crippen molar-refractivity contribution in [2.45, 2.75) is 91.2 Å². The molecule has 0 bridgehead atoms. The number of benzene rings is 1. The summed E-state index contributed by atoms with van der Waals surface area (Å²) in [5.74, 6) is -4.42. The van der Waals surface area contributed by atoms with Gasteiger partial charge < -0.3 is 42.6 Å². The molecular weight excluding hydrogens is 612 g/mol. The number of allylic oxidation sites excluding steroid dienone is 2. The SMILES string of the molecule is COC(=O)CC/C(C)=C/Cc1c(OC)c(C)c2c(c1O[C@@H]1OC(C(=O)OC)[C@@H](OC(C)=O)C(OC(C)=O)C1OC(C)=O)C(=O)OC2. The Balaban J connectivity index is 2.21. The van der Waals surface area contributed by atoms with Crippen LogP contribution < -0.4 is 9.47 Å². The average Bonchev–Trinajstić information content (AvgIpc) is 3.39. The van der Waals surface area contributed by atoms with Gasteiger partial charge in [-0.05, 0) is 32.3 Å². The first-order chi connectivity index (χ1) is 21.7. The van der Waals surface area contributed by atoms with Crippen molar-refractivity contribution in [3.63, 3.8) is 0 Å². The highest BCUT2D eigenvalue weighted by Gasteiger charge is 2.56. The Morgan fingerprint density at radius 1 is 0.826 bits per heavy atom. The van der Waals surface area contributed by atoms with Gasteiger partial charge in [0.2, 0.25) is 12.4 Å². The van der Waals surface area contributed by atoms with Crippen LogP contribution >= 0.6 is 0 Å². The highest BCUT2D eigenvalue weighted by Crippen LogP contribution is 2.44. The molecule has 252 valence electrons. The third-order valence-electron chi connectivity index (χ3n) is 7.30. The maximum atomic E-state index is 13.1. The summed E-state index contributed by atoms with van der Waals surface area (Å²) in [5.41, 5.74) is 2.29. The molecule has 0 spiro atoms. The van der Waals surface area contributed by atoms with Crippen molar-refractivity contribution in [2.75, 3.05) is 21.3 Å². The lowest BCUT2D eigenvalue weighted by Crippen LogP contribution is -2.64. The van der Waals surface area contributed by atoms with Crippen LogP contribution in [0.5, 0.6) is 11.5 Å². The zero-order valence-electron chi connectivity index (χ0n) is 26.9. The first-order valence-electron chi connectivity index (χ1n) is 14.3. The van der Waals surface area contributed by atoms with Crippen molar-refractivity contribution in [1.82, 2.24) is 0 Å². The van der Waals surface area contributed by atoms with E-state index in [9.17, 15) is 28.8 Å². The average molecular weight is 651 g/mol. The predicted octanol–water partition coefficient (Wildman–Crippen LogP) is 2.19. The molecule has 2 aliphatic rings. The molecule has 2 heterocycles. The van der Waals surface area contributed by atoms with Crippen molar-refractivity contribution < 1.29 is 71.4 Å². The summed E-state index contributed by atoms with van der Waals surface area (Å²) in [5, 5.41) is 0. The van der Waals surface area contributed by atoms with E-state index < -0.39 is 60.6 Å². The molecular formula is C31H38O15. The minimum Gasteiger partial charge on any atom is -0.496 e. The summed E-state index contributed by atoms with van der Waals surface area (Å²) < 4.78 is 49.1. The number of methoxy groups -OCH3 is 3. The van der Waals surface area contributed by atoms with Gasteiger partial charge in [0.05, 0.1) is 21.3 Å². The third kappa shape index (κ3) is 8.13. The fourth-order valence-corrected chi connectivity index (χ4v) is 5.21. The molecule has 15 nitrogen and oxygen atoms in total. The number of esters is 6. The topological polar surface area (TPSA) is 185 Å². The van der Waals surface area contributed by atoms with Gasteiger partial charge in [0.25, 0.3) is 0 Å². The van der Waals surface area contributed by atoms with Gasteiger partial charge >= 0.3 is 35.8 Å². The summed E-state index contributed by atoms with van der Waals surface area (Å²) in [6.07, 6.45) is -5.81. The van der Waals surface area contributed by atoms with Crippen molar-refractivity contribution in [3.05, 3.63) is 33.9 Å². The maximum Gasteiger partial charge on any atom is 0.342 e. The minimum absolute atomic E-state index is 0.0415. The molecule has 0 radical (unpaired) electrons. The lowest BCUT2D eigenvalue weighted by molar-refractivity contribution is -0.282. The molecule has 5 atom stereocenters. The lowest BCUT2D eigenvalue weighted by Gasteiger charge is -2.43. The van der Waals surface area contributed by atoms with Gasteiger partial charge in [-0.2, -0.15) is 0 Å². The molecule has 0 aromatic heterocycles. The molecule has 0 N–H and O–H groups in total. The molecule has 0 amide bonds. The summed E-state index contributed by atoms with van der Waals surface area (Å²) in [6.45, 7) is 6.66. The molecule has 15 heteroatoms. The van der Waals surface area contributed by atoms with E-state index in [1.165, 1.54) is 14.2 Å². The van der Waals surface area contributed by atoms with Crippen molar-refractivity contribution >= 4 is 35.8 Å². The summed E-state index contributed by atoms with van der Waals surface area (Å²) in [4.78, 5) is 74.2. The zero-order valence-corrected chi connectivity index (χ0v) is 26.9. The first-order valence-corrected chi connectivity index (χ1v) is 14.3. The van der Waals surface area contributed by atoms with Crippen molar-refractivity contribution in [3.8, 4) is 11.5 Å². The molecule has 3 unspecified atom stereocenters. The zero-order chi connectivity index (χ0) is 34.3. The minimum atomic E-state index is -1.72. The molecule has 0 saturated carbocycles. The van der Waals surface area contributed by atoms with E-state index in [1.807, 2.05) is 6.92 Å². The van der Waals surface area contributed by atoms with Gasteiger partial charge in [0.1, 0.15) is 23.7 Å². The van der Waals surface area contributed by atoms with E-state index >= 15 is 0 Å². The third-order valence-corrected chi connectivity index (χ3v) is 7.30. The van der Waals surface area contributed by atoms with Crippen molar-refractivity contribution in [2.24, 2.45) is 0 Å². The van der Waals surface area contributed by atoms with E-state index in [2.05, 4.69) is 0 Å². The normalized spacial score (nSPS) is 22.1. The van der Waals surface area contributed by atoms with E-state index in [1.54, 1.807) is 13.0 Å². The first kappa shape index (κ1) is 35.8. The van der Waals surface area contributed by atoms with E-state index in [4.69, 9.17) is 42.6 Å². The number of cyclic esters (lactones) is 1. The van der Waals surface area contributed by atoms with Gasteiger partial charge in [-0.3, -0.25) is 19.2 Å². The molecule has 0 aliphatic carbocycles. The van der Waals surface area contributed by atoms with E-state index in [-0.39, 0.29) is 36.7 Å². The smallest absolute Gasteiger partial charge is 0.342 e. The van der Waals surface area contributed by atoms with E-state index in [0.717, 1.165) is 33.5 Å². The second kappa shape index (κ2) is 15.6. The number of carbonyl (C=O) groups excluding carboxylic acids is 6. The van der Waals surface area contributed by atoms with Crippen LogP contribution in [0.15, 0.2) is 11.6 Å². The number of ether oxygens (including phenoxy) is 9. The largest absolute Gasteiger partial charge is 0.496 e. The summed E-state index contributed by atoms with van der Waals surface area (Å²) in [6, 6.07) is 0. The Morgan fingerprint density at radius 3 is 2.00 bits per heavy atom. The van der Waals surface area contributed by atoms with Crippen LogP contribution in [0.2, 0.25) is 0 Å². The highest BCUT2D eigenvalue weighted by atomic mass is 16.7. The monoisotopic (exact) mass is 650 g/mol. The van der Waals surface area contributed by atoms with Gasteiger partial charge in [0.15, 0.2) is 18.3 Å². The molecule has 46 heavy (non-hydrogen) atoms. The Labute approximate surface area is 265 Å². The highest BCUT2D eigenvalue weighted by molar-refractivity contribution is 5.98. The standard InChI is InChI=1S/C31H38O15/c1-14(10-12-21(35)38-6)9-11-19-23(39-7)15(2)20-13-41-29(36)22(20)24(19)45-31-28(44-18(5)34)26(43-17(4)33)25(42-16(3)32)27(46-31)30(37)40-8/h9,25-28,31H,10-13H2,1-8H3/b14-9+/t25-,26?,27?,28?,31+/m0/s1. The van der Waals surface area contributed by atoms with Gasteiger partial charge in [-0.15, -0.1) is 0 Å². The molecule has 1 aromatic rings. The number of hydrogen-bond acceptors (Lipinski definition) is 15. The number of rotatable bonds is 12. The molecule has 3 rings (SSSR count). The van der Waals surface area contributed by atoms with Gasteiger partial charge in [0, 0.05) is 38.3 Å². The Bertz CT molecular complexity index is 1410. The fourth-order valence-electron chi connectivity index (χ4n) is 5.21. The number of hydrogen-bond donors (Lipinski definition) is 0. The van der Waals surface area contributed by atoms with Crippen LogP contribution in [-0.2, 0) is 70.2 Å². The van der Waals surface area contributed by atoms with Crippen LogP contribution in [0.4, 0.5) is 0 Å². The van der Waals surface area contributed by atoms with Gasteiger partial charge in [-0.1, -0.05) is 11.6 Å². The van der Waals surface area contributed by atoms with Crippen LogP contribution in [-0.4, -0.2) is 87.9 Å². The fraction of sp³-hybridized carbons (Fsp3) is 0.548. The van der Waals surface area contributed by atoms with Gasteiger partial charge in [-0.25, -0.2) is 9.59 Å². The molecule has 1 fully saturated rings. The molecule has 1 aromatic carbocycles. The Kier molecular flexibility index (Phi) is 12.1.